The third-order valence-corrected chi connectivity index (χ3v) is 4.71. The second-order valence-electron chi connectivity index (χ2n) is 5.18. The van der Waals surface area contributed by atoms with Gasteiger partial charge in [0.2, 0.25) is 5.91 Å². The Balaban J connectivity index is 1.83. The van der Waals surface area contributed by atoms with Crippen LogP contribution in [0, 0.1) is 0 Å². The number of nitrogens with one attached hydrogen (secondary N) is 1. The van der Waals surface area contributed by atoms with Crippen molar-refractivity contribution in [3.63, 3.8) is 0 Å². The van der Waals surface area contributed by atoms with Crippen LogP contribution in [0.1, 0.15) is 15.9 Å². The van der Waals surface area contributed by atoms with Crippen molar-refractivity contribution in [3.05, 3.63) is 48.0 Å². The van der Waals surface area contributed by atoms with Crippen LogP contribution in [-0.2, 0) is 0 Å². The molecule has 23 heavy (non-hydrogen) atoms. The van der Waals surface area contributed by atoms with Gasteiger partial charge in [-0.05, 0) is 12.1 Å². The van der Waals surface area contributed by atoms with E-state index in [0.29, 0.717) is 5.56 Å². The summed E-state index contributed by atoms with van der Waals surface area (Å²) in [4.78, 5) is 27.6. The number of fused-ring (bicyclic) bond motifs is 1. The molecule has 1 aliphatic heterocycles. The van der Waals surface area contributed by atoms with Gasteiger partial charge in [0.1, 0.15) is 5.65 Å². The van der Waals surface area contributed by atoms with E-state index in [2.05, 4.69) is 19.9 Å². The SMILES string of the molecule is NC(=O)c1cncc(-c2cnc3[nH]cc(C4=NCCS4)c3c2)c1. The number of primary amides is 1. The number of nitrogens with zero attached hydrogens (tertiary/aromatic N) is 3. The lowest BCUT2D eigenvalue weighted by molar-refractivity contribution is 0.1000. The van der Waals surface area contributed by atoms with Gasteiger partial charge in [-0.3, -0.25) is 14.8 Å². The van der Waals surface area contributed by atoms with Crippen LogP contribution in [-0.4, -0.2) is 38.2 Å². The summed E-state index contributed by atoms with van der Waals surface area (Å²) in [6, 6.07) is 3.77. The maximum absolute atomic E-state index is 11.3. The van der Waals surface area contributed by atoms with Gasteiger partial charge in [0.15, 0.2) is 0 Å². The summed E-state index contributed by atoms with van der Waals surface area (Å²) in [5.41, 5.74) is 9.28. The van der Waals surface area contributed by atoms with Crippen LogP contribution in [0.4, 0.5) is 0 Å². The van der Waals surface area contributed by atoms with E-state index >= 15 is 0 Å². The number of aliphatic imine (C=N–C) groups is 1. The predicted octanol–water partition coefficient (Wildman–Crippen LogP) is 2.22. The van der Waals surface area contributed by atoms with E-state index in [1.807, 2.05) is 12.3 Å². The monoisotopic (exact) mass is 323 g/mol. The topological polar surface area (TPSA) is 97.0 Å². The number of thioether (sulfide) groups is 1. The molecule has 4 rings (SSSR count). The molecule has 0 saturated carbocycles. The van der Waals surface area contributed by atoms with E-state index < -0.39 is 5.91 Å². The fraction of sp³-hybridized carbons (Fsp3) is 0.125. The molecule has 3 aromatic heterocycles. The molecule has 0 saturated heterocycles. The molecule has 1 amide bonds. The first kappa shape index (κ1) is 14.0. The zero-order valence-corrected chi connectivity index (χ0v) is 12.9. The molecule has 3 aromatic rings. The van der Waals surface area contributed by atoms with Gasteiger partial charge >= 0.3 is 0 Å². The van der Waals surface area contributed by atoms with Gasteiger partial charge < -0.3 is 10.7 Å². The summed E-state index contributed by atoms with van der Waals surface area (Å²) in [6.07, 6.45) is 6.86. The van der Waals surface area contributed by atoms with Crippen molar-refractivity contribution in [1.82, 2.24) is 15.0 Å². The van der Waals surface area contributed by atoms with Crippen LogP contribution in [0.15, 0.2) is 41.9 Å². The van der Waals surface area contributed by atoms with Crippen LogP contribution in [0.5, 0.6) is 0 Å². The average molecular weight is 323 g/mol. The second kappa shape index (κ2) is 5.51. The van der Waals surface area contributed by atoms with Gasteiger partial charge in [0.05, 0.1) is 10.6 Å². The maximum atomic E-state index is 11.3. The first-order chi connectivity index (χ1) is 11.2. The molecular weight excluding hydrogens is 310 g/mol. The Bertz CT molecular complexity index is 947. The Hall–Kier alpha value is -2.67. The largest absolute Gasteiger partial charge is 0.366 e. The molecule has 0 atom stereocenters. The number of aromatic nitrogens is 3. The van der Waals surface area contributed by atoms with Crippen molar-refractivity contribution in [2.75, 3.05) is 12.3 Å². The molecule has 3 N–H and O–H groups in total. The van der Waals surface area contributed by atoms with Crippen molar-refractivity contribution >= 4 is 33.7 Å². The molecule has 0 unspecified atom stereocenters. The summed E-state index contributed by atoms with van der Waals surface area (Å²) >= 11 is 1.75. The molecule has 7 heteroatoms. The zero-order chi connectivity index (χ0) is 15.8. The number of H-pyrrole nitrogens is 1. The van der Waals surface area contributed by atoms with Gasteiger partial charge in [-0.1, -0.05) is 0 Å². The minimum atomic E-state index is -0.493. The maximum Gasteiger partial charge on any atom is 0.250 e. The number of hydrogen-bond acceptors (Lipinski definition) is 5. The zero-order valence-electron chi connectivity index (χ0n) is 12.1. The van der Waals surface area contributed by atoms with Crippen LogP contribution in [0.2, 0.25) is 0 Å². The van der Waals surface area contributed by atoms with Crippen LogP contribution in [0.3, 0.4) is 0 Å². The number of carbonyl (C=O) groups excluding carboxylic acids is 1. The fourth-order valence-electron chi connectivity index (χ4n) is 2.57. The third-order valence-electron chi connectivity index (χ3n) is 3.70. The van der Waals surface area contributed by atoms with E-state index in [1.165, 1.54) is 6.20 Å². The molecule has 0 aromatic carbocycles. The van der Waals surface area contributed by atoms with Crippen molar-refractivity contribution in [1.29, 1.82) is 0 Å². The Morgan fingerprint density at radius 3 is 2.87 bits per heavy atom. The summed E-state index contributed by atoms with van der Waals surface area (Å²) in [5.74, 6) is 0.520. The quantitative estimate of drug-likeness (QED) is 0.772. The van der Waals surface area contributed by atoms with E-state index in [1.54, 1.807) is 30.2 Å². The molecule has 0 bridgehead atoms. The normalized spacial score (nSPS) is 14.2. The summed E-state index contributed by atoms with van der Waals surface area (Å²) in [5, 5.41) is 2.05. The standard InChI is InChI=1S/C16H13N5OS/c17-14(22)11-3-9(5-18-6-11)10-4-12-13(16-19-1-2-23-16)8-21-15(12)20-7-10/h3-8H,1-2H2,(H2,17,22)(H,20,21). The van der Waals surface area contributed by atoms with Crippen LogP contribution >= 0.6 is 11.8 Å². The van der Waals surface area contributed by atoms with Crippen molar-refractivity contribution in [2.45, 2.75) is 0 Å². The highest BCUT2D eigenvalue weighted by Gasteiger charge is 2.16. The Morgan fingerprint density at radius 2 is 2.09 bits per heavy atom. The molecule has 114 valence electrons. The summed E-state index contributed by atoms with van der Waals surface area (Å²) in [7, 11) is 0. The highest BCUT2D eigenvalue weighted by Crippen LogP contribution is 2.28. The number of nitrogens with two attached hydrogens (primary N) is 1. The fourth-order valence-corrected chi connectivity index (χ4v) is 3.45. The van der Waals surface area contributed by atoms with E-state index in [4.69, 9.17) is 5.73 Å². The lowest BCUT2D eigenvalue weighted by atomic mass is 10.1. The number of aromatic amines is 1. The molecule has 6 nitrogen and oxygen atoms in total. The molecule has 0 spiro atoms. The predicted molar refractivity (Wildman–Crippen MR) is 91.7 cm³/mol. The minimum absolute atomic E-state index is 0.382. The number of hydrogen-bond donors (Lipinski definition) is 2. The van der Waals surface area contributed by atoms with Gasteiger partial charge in [0.25, 0.3) is 0 Å². The van der Waals surface area contributed by atoms with E-state index in [-0.39, 0.29) is 0 Å². The van der Waals surface area contributed by atoms with E-state index in [9.17, 15) is 4.79 Å². The lowest BCUT2D eigenvalue weighted by Gasteiger charge is -2.04. The number of amides is 1. The molecular formula is C16H13N5OS. The third kappa shape index (κ3) is 2.49. The molecule has 0 radical (unpaired) electrons. The highest BCUT2D eigenvalue weighted by atomic mass is 32.2. The smallest absolute Gasteiger partial charge is 0.250 e. The molecule has 4 heterocycles. The second-order valence-corrected chi connectivity index (χ2v) is 6.27. The van der Waals surface area contributed by atoms with Crippen molar-refractivity contribution in [2.24, 2.45) is 10.7 Å². The number of rotatable bonds is 3. The molecule has 1 aliphatic rings. The van der Waals surface area contributed by atoms with Crippen LogP contribution < -0.4 is 5.73 Å². The number of carbonyl (C=O) groups is 1. The van der Waals surface area contributed by atoms with Gasteiger partial charge in [-0.15, -0.1) is 11.8 Å². The van der Waals surface area contributed by atoms with Gasteiger partial charge in [-0.25, -0.2) is 4.98 Å². The van der Waals surface area contributed by atoms with Crippen molar-refractivity contribution < 1.29 is 4.79 Å². The lowest BCUT2D eigenvalue weighted by Crippen LogP contribution is -2.11. The van der Waals surface area contributed by atoms with Gasteiger partial charge in [-0.2, -0.15) is 0 Å². The first-order valence-electron chi connectivity index (χ1n) is 7.12. The average Bonchev–Trinajstić information content (AvgIpc) is 3.23. The van der Waals surface area contributed by atoms with Crippen LogP contribution in [0.25, 0.3) is 22.2 Å². The Kier molecular flexibility index (Phi) is 3.34. The van der Waals surface area contributed by atoms with E-state index in [0.717, 1.165) is 45.1 Å². The number of pyridine rings is 2. The first-order valence-corrected chi connectivity index (χ1v) is 8.11. The van der Waals surface area contributed by atoms with Crippen molar-refractivity contribution in [3.8, 4) is 11.1 Å². The summed E-state index contributed by atoms with van der Waals surface area (Å²) < 4.78 is 0. The Morgan fingerprint density at radius 1 is 1.22 bits per heavy atom. The molecule has 0 aliphatic carbocycles. The van der Waals surface area contributed by atoms with Gasteiger partial charge in [0, 0.05) is 59.2 Å². The summed E-state index contributed by atoms with van der Waals surface area (Å²) in [6.45, 7) is 0.852. The highest BCUT2D eigenvalue weighted by molar-refractivity contribution is 8.14. The Labute approximate surface area is 136 Å². The molecule has 0 fully saturated rings. The minimum Gasteiger partial charge on any atom is -0.366 e.